The van der Waals surface area contributed by atoms with Crippen molar-refractivity contribution in [1.29, 1.82) is 0 Å². The highest BCUT2D eigenvalue weighted by Crippen LogP contribution is 2.36. The molecular formula is C23H30F6N4O2. The number of hydrogen-bond donors (Lipinski definition) is 2. The van der Waals surface area contributed by atoms with E-state index in [2.05, 4.69) is 20.4 Å². The summed E-state index contributed by atoms with van der Waals surface area (Å²) in [6, 6.07) is 0.860. The number of nitrogens with zero attached hydrogens (tertiary/aromatic N) is 2. The smallest absolute Gasteiger partial charge is 0.352 e. The van der Waals surface area contributed by atoms with Gasteiger partial charge in [0.15, 0.2) is 0 Å². The molecule has 0 saturated carbocycles. The van der Waals surface area contributed by atoms with E-state index < -0.39 is 35.0 Å². The van der Waals surface area contributed by atoms with Crippen LogP contribution in [-0.4, -0.2) is 68.1 Å². The molecule has 35 heavy (non-hydrogen) atoms. The minimum atomic E-state index is -5.01. The Bertz CT molecular complexity index is 857. The number of nitrogens with one attached hydrogen (secondary N) is 2. The minimum Gasteiger partial charge on any atom is -0.352 e. The number of carbonyl (C=O) groups is 2. The third-order valence-corrected chi connectivity index (χ3v) is 6.67. The molecule has 196 valence electrons. The molecule has 0 radical (unpaired) electrons. The number of hydrogen-bond acceptors (Lipinski definition) is 4. The zero-order chi connectivity index (χ0) is 25.8. The van der Waals surface area contributed by atoms with Crippen LogP contribution in [0.5, 0.6) is 0 Å². The van der Waals surface area contributed by atoms with Crippen molar-refractivity contribution in [3.63, 3.8) is 0 Å². The lowest BCUT2D eigenvalue weighted by molar-refractivity contribution is -0.143. The summed E-state index contributed by atoms with van der Waals surface area (Å²) in [7, 11) is 2.03. The summed E-state index contributed by atoms with van der Waals surface area (Å²) in [5.74, 6) is -0.874. The van der Waals surface area contributed by atoms with Gasteiger partial charge in [0.05, 0.1) is 17.8 Å². The van der Waals surface area contributed by atoms with Gasteiger partial charge in [0.1, 0.15) is 0 Å². The standard InChI is InChI=1S/C23H30F6N4O2/c1-32-6-4-16(5-7-32)20(34)31-14-33-8-2-15(3-9-33)13-30-21(35)17-10-18(22(24,25)26)12-19(11-17)23(27,28)29/h10-12,15-16H,2-9,13-14H2,1H3,(H,30,35)(H,31,34). The van der Waals surface area contributed by atoms with Crippen molar-refractivity contribution in [3.05, 3.63) is 34.9 Å². The third-order valence-electron chi connectivity index (χ3n) is 6.67. The molecule has 0 unspecified atom stereocenters. The van der Waals surface area contributed by atoms with Crippen LogP contribution in [0.4, 0.5) is 26.3 Å². The van der Waals surface area contributed by atoms with Crippen LogP contribution in [0, 0.1) is 11.8 Å². The quantitative estimate of drug-likeness (QED) is 0.577. The molecule has 2 heterocycles. The van der Waals surface area contributed by atoms with E-state index >= 15 is 0 Å². The monoisotopic (exact) mass is 508 g/mol. The molecule has 0 bridgehead atoms. The Labute approximate surface area is 200 Å². The number of alkyl halides is 6. The van der Waals surface area contributed by atoms with E-state index in [1.54, 1.807) is 0 Å². The molecule has 2 fully saturated rings. The molecule has 2 aliphatic rings. The van der Waals surface area contributed by atoms with Gasteiger partial charge in [-0.3, -0.25) is 14.5 Å². The van der Waals surface area contributed by atoms with Gasteiger partial charge in [-0.2, -0.15) is 26.3 Å². The molecule has 1 aromatic rings. The van der Waals surface area contributed by atoms with Gasteiger partial charge >= 0.3 is 12.4 Å². The average molecular weight is 509 g/mol. The van der Waals surface area contributed by atoms with Gasteiger partial charge in [0.25, 0.3) is 5.91 Å². The highest BCUT2D eigenvalue weighted by molar-refractivity contribution is 5.94. The lowest BCUT2D eigenvalue weighted by Gasteiger charge is -2.33. The van der Waals surface area contributed by atoms with E-state index in [9.17, 15) is 35.9 Å². The van der Waals surface area contributed by atoms with Crippen molar-refractivity contribution < 1.29 is 35.9 Å². The maximum absolute atomic E-state index is 13.0. The van der Waals surface area contributed by atoms with Crippen molar-refractivity contribution in [1.82, 2.24) is 20.4 Å². The van der Waals surface area contributed by atoms with Crippen molar-refractivity contribution in [2.24, 2.45) is 11.8 Å². The molecule has 1 aromatic carbocycles. The number of amides is 2. The van der Waals surface area contributed by atoms with E-state index in [-0.39, 0.29) is 30.4 Å². The van der Waals surface area contributed by atoms with E-state index in [0.717, 1.165) is 25.9 Å². The van der Waals surface area contributed by atoms with E-state index in [1.807, 2.05) is 7.05 Å². The SMILES string of the molecule is CN1CCC(C(=O)NCN2CCC(CNC(=O)c3cc(C(F)(F)F)cc(C(F)(F)F)c3)CC2)CC1. The maximum atomic E-state index is 13.0. The summed E-state index contributed by atoms with van der Waals surface area (Å²) < 4.78 is 78.1. The van der Waals surface area contributed by atoms with E-state index in [0.29, 0.717) is 44.7 Å². The van der Waals surface area contributed by atoms with Crippen molar-refractivity contribution >= 4 is 11.8 Å². The molecule has 0 aromatic heterocycles. The molecular weight excluding hydrogens is 478 g/mol. The molecule has 12 heteroatoms. The van der Waals surface area contributed by atoms with Gasteiger partial charge in [0.2, 0.25) is 5.91 Å². The molecule has 2 saturated heterocycles. The third kappa shape index (κ3) is 7.83. The fourth-order valence-electron chi connectivity index (χ4n) is 4.38. The predicted molar refractivity (Wildman–Crippen MR) is 116 cm³/mol. The summed E-state index contributed by atoms with van der Waals surface area (Å²) in [5.41, 5.74) is -3.72. The fraction of sp³-hybridized carbons (Fsp3) is 0.652. The van der Waals surface area contributed by atoms with Gasteiger partial charge in [-0.15, -0.1) is 0 Å². The van der Waals surface area contributed by atoms with E-state index in [1.165, 1.54) is 0 Å². The zero-order valence-corrected chi connectivity index (χ0v) is 19.4. The second-order valence-corrected chi connectivity index (χ2v) is 9.34. The van der Waals surface area contributed by atoms with Crippen molar-refractivity contribution in [2.75, 3.05) is 46.4 Å². The minimum absolute atomic E-state index is 0.00199. The Balaban J connectivity index is 1.46. The number of rotatable bonds is 6. The molecule has 0 atom stereocenters. The highest BCUT2D eigenvalue weighted by Gasteiger charge is 2.37. The van der Waals surface area contributed by atoms with Gasteiger partial charge in [-0.25, -0.2) is 0 Å². The average Bonchev–Trinajstić information content (AvgIpc) is 2.80. The van der Waals surface area contributed by atoms with Crippen LogP contribution in [0.15, 0.2) is 18.2 Å². The van der Waals surface area contributed by atoms with Gasteiger partial charge in [-0.1, -0.05) is 0 Å². The Kier molecular flexibility index (Phi) is 8.68. The second-order valence-electron chi connectivity index (χ2n) is 9.34. The van der Waals surface area contributed by atoms with Gasteiger partial charge < -0.3 is 15.5 Å². The fourth-order valence-corrected chi connectivity index (χ4v) is 4.38. The van der Waals surface area contributed by atoms with Crippen LogP contribution >= 0.6 is 0 Å². The van der Waals surface area contributed by atoms with Crippen LogP contribution in [0.3, 0.4) is 0 Å². The number of carbonyl (C=O) groups excluding carboxylic acids is 2. The van der Waals surface area contributed by atoms with Crippen molar-refractivity contribution in [2.45, 2.75) is 38.0 Å². The predicted octanol–water partition coefficient (Wildman–Crippen LogP) is 3.58. The highest BCUT2D eigenvalue weighted by atomic mass is 19.4. The topological polar surface area (TPSA) is 64.7 Å². The van der Waals surface area contributed by atoms with Crippen LogP contribution in [0.1, 0.15) is 47.2 Å². The van der Waals surface area contributed by atoms with E-state index in [4.69, 9.17) is 0 Å². The molecule has 2 aliphatic heterocycles. The number of piperidine rings is 2. The molecule has 2 N–H and O–H groups in total. The number of likely N-dealkylation sites (tertiary alicyclic amines) is 2. The molecule has 6 nitrogen and oxygen atoms in total. The van der Waals surface area contributed by atoms with Crippen LogP contribution in [0.25, 0.3) is 0 Å². The largest absolute Gasteiger partial charge is 0.416 e. The Morgan fingerprint density at radius 1 is 0.857 bits per heavy atom. The number of benzene rings is 1. The Hall–Kier alpha value is -2.34. The first-order valence-corrected chi connectivity index (χ1v) is 11.6. The first-order chi connectivity index (χ1) is 16.3. The summed E-state index contributed by atoms with van der Waals surface area (Å²) in [5, 5.41) is 5.45. The van der Waals surface area contributed by atoms with Crippen LogP contribution in [0.2, 0.25) is 0 Å². The Morgan fingerprint density at radius 3 is 1.91 bits per heavy atom. The summed E-state index contributed by atoms with van der Waals surface area (Å²) in [6.07, 6.45) is -6.99. The van der Waals surface area contributed by atoms with Crippen molar-refractivity contribution in [3.8, 4) is 0 Å². The number of halogens is 6. The first kappa shape index (κ1) is 27.3. The first-order valence-electron chi connectivity index (χ1n) is 11.6. The van der Waals surface area contributed by atoms with Crippen LogP contribution in [-0.2, 0) is 17.1 Å². The lowest BCUT2D eigenvalue weighted by Crippen LogP contribution is -2.46. The van der Waals surface area contributed by atoms with Gasteiger partial charge in [-0.05, 0) is 69.9 Å². The lowest BCUT2D eigenvalue weighted by atomic mass is 9.96. The second kappa shape index (κ2) is 11.2. The van der Waals surface area contributed by atoms with Crippen LogP contribution < -0.4 is 10.6 Å². The molecule has 0 aliphatic carbocycles. The summed E-state index contributed by atoms with van der Waals surface area (Å²) >= 11 is 0. The summed E-state index contributed by atoms with van der Waals surface area (Å²) in [6.45, 7) is 3.69. The normalized spacial score (nSPS) is 19.5. The zero-order valence-electron chi connectivity index (χ0n) is 19.4. The molecule has 2 amide bonds. The maximum Gasteiger partial charge on any atom is 0.416 e. The van der Waals surface area contributed by atoms with Gasteiger partial charge in [0, 0.05) is 31.1 Å². The molecule has 3 rings (SSSR count). The summed E-state index contributed by atoms with van der Waals surface area (Å²) in [4.78, 5) is 29.0. The molecule has 0 spiro atoms. The Morgan fingerprint density at radius 2 is 1.40 bits per heavy atom.